The highest BCUT2D eigenvalue weighted by Crippen LogP contribution is 2.44. The van der Waals surface area contributed by atoms with Crippen LogP contribution in [-0.4, -0.2) is 86.5 Å². The van der Waals surface area contributed by atoms with Crippen molar-refractivity contribution in [3.05, 3.63) is 53.9 Å². The summed E-state index contributed by atoms with van der Waals surface area (Å²) in [6.45, 7) is 6.03. The number of rotatable bonds is 6. The fraction of sp³-hybridized carbons (Fsp3) is 0.429. The Kier molecular flexibility index (Phi) is 5.09. The summed E-state index contributed by atoms with van der Waals surface area (Å²) in [7, 11) is 0. The first-order chi connectivity index (χ1) is 19.8. The van der Waals surface area contributed by atoms with E-state index in [1.165, 1.54) is 4.90 Å². The van der Waals surface area contributed by atoms with Crippen molar-refractivity contribution in [2.75, 3.05) is 49.6 Å². The number of aromatic nitrogens is 5. The second kappa shape index (κ2) is 8.56. The van der Waals surface area contributed by atoms with Crippen molar-refractivity contribution in [3.63, 3.8) is 0 Å². The van der Waals surface area contributed by atoms with Crippen molar-refractivity contribution in [2.24, 2.45) is 5.41 Å². The van der Waals surface area contributed by atoms with Crippen molar-refractivity contribution >= 4 is 28.7 Å². The number of pyridine rings is 2. The number of fused-ring (bicyclic) bond motifs is 1. The van der Waals surface area contributed by atoms with Crippen LogP contribution in [0.4, 0.5) is 15.8 Å². The van der Waals surface area contributed by atoms with Crippen LogP contribution in [0.2, 0.25) is 0 Å². The number of likely N-dealkylation sites (tertiary alicyclic amines) is 1. The molecule has 0 bridgehead atoms. The Labute approximate surface area is 233 Å². The number of nitrogens with zero attached hydrogens (tertiary/aromatic N) is 7. The third-order valence-electron chi connectivity index (χ3n) is 8.61. The molecule has 12 nitrogen and oxygen atoms in total. The van der Waals surface area contributed by atoms with Crippen LogP contribution in [0.1, 0.15) is 40.7 Å². The zero-order valence-corrected chi connectivity index (χ0v) is 22.3. The number of alkyl halides is 1. The predicted molar refractivity (Wildman–Crippen MR) is 143 cm³/mol. The third-order valence-corrected chi connectivity index (χ3v) is 8.61. The minimum atomic E-state index is -1.67. The molecule has 2 amide bonds. The summed E-state index contributed by atoms with van der Waals surface area (Å²) < 4.78 is 26.6. The molecule has 13 heteroatoms. The minimum Gasteiger partial charge on any atom is -0.380 e. The van der Waals surface area contributed by atoms with Gasteiger partial charge in [-0.25, -0.2) is 8.91 Å². The molecule has 7 heterocycles. The van der Waals surface area contributed by atoms with Crippen LogP contribution < -0.4 is 10.2 Å². The van der Waals surface area contributed by atoms with Crippen molar-refractivity contribution in [1.82, 2.24) is 29.6 Å². The Bertz CT molecular complexity index is 1710. The fourth-order valence-corrected chi connectivity index (χ4v) is 5.76. The van der Waals surface area contributed by atoms with E-state index >= 15 is 0 Å². The van der Waals surface area contributed by atoms with E-state index in [0.29, 0.717) is 65.7 Å². The molecule has 0 radical (unpaired) electrons. The first-order valence-electron chi connectivity index (χ1n) is 13.7. The Morgan fingerprint density at radius 2 is 1.95 bits per heavy atom. The zero-order valence-electron chi connectivity index (χ0n) is 22.3. The summed E-state index contributed by atoms with van der Waals surface area (Å²) in [4.78, 5) is 38.2. The Morgan fingerprint density at radius 1 is 1.15 bits per heavy atom. The molecule has 210 valence electrons. The van der Waals surface area contributed by atoms with Gasteiger partial charge in [-0.2, -0.15) is 10.1 Å². The topological polar surface area (TPSA) is 131 Å². The second-order valence-corrected chi connectivity index (χ2v) is 11.8. The SMILES string of the molecule is Cc1ncc(-c2noc(C3CN(C(=O)C4(F)CC4)C3)n2)cc1NC(=O)c1cnn2ccc(N3CC4(COC4)C3)cc12. The fourth-order valence-electron chi connectivity index (χ4n) is 5.76. The van der Waals surface area contributed by atoms with E-state index in [2.05, 4.69) is 30.4 Å². The molecule has 1 saturated carbocycles. The van der Waals surface area contributed by atoms with Gasteiger partial charge in [0.05, 0.1) is 53.2 Å². The standard InChI is InChI=1S/C28H27FN8O4/c1-16-21(6-17(8-30-16)23-33-25(41-34-23)18-10-35(11-18)26(39)28(29)3-4-28)32-24(38)20-9-31-37-5-2-19(7-22(20)37)36-12-27(13-36)14-40-15-27/h2,5-9,18H,3-4,10-15H2,1H3,(H,32,38). The van der Waals surface area contributed by atoms with E-state index in [1.54, 1.807) is 29.9 Å². The number of hydrogen-bond donors (Lipinski definition) is 1. The number of hydrogen-bond acceptors (Lipinski definition) is 9. The number of ether oxygens (including phenoxy) is 1. The highest BCUT2D eigenvalue weighted by atomic mass is 19.1. The number of aryl methyl sites for hydroxylation is 1. The second-order valence-electron chi connectivity index (χ2n) is 11.8. The van der Waals surface area contributed by atoms with E-state index in [4.69, 9.17) is 9.26 Å². The summed E-state index contributed by atoms with van der Waals surface area (Å²) in [5.74, 6) is -0.178. The molecule has 0 aromatic carbocycles. The molecular weight excluding hydrogens is 531 g/mol. The molecule has 4 aromatic heterocycles. The lowest BCUT2D eigenvalue weighted by atomic mass is 9.78. The van der Waals surface area contributed by atoms with E-state index in [-0.39, 0.29) is 17.2 Å². The van der Waals surface area contributed by atoms with Crippen LogP contribution in [0.25, 0.3) is 16.9 Å². The summed E-state index contributed by atoms with van der Waals surface area (Å²) in [5, 5.41) is 11.4. The van der Waals surface area contributed by atoms with Gasteiger partial charge in [0, 0.05) is 49.8 Å². The lowest BCUT2D eigenvalue weighted by molar-refractivity contribution is -0.143. The van der Waals surface area contributed by atoms with Gasteiger partial charge in [-0.1, -0.05) is 5.16 Å². The molecule has 3 aliphatic heterocycles. The molecule has 1 spiro atoms. The molecule has 3 saturated heterocycles. The van der Waals surface area contributed by atoms with Crippen molar-refractivity contribution in [1.29, 1.82) is 0 Å². The first-order valence-corrected chi connectivity index (χ1v) is 13.7. The molecule has 4 aliphatic rings. The molecular formula is C28H27FN8O4. The number of carbonyl (C=O) groups excluding carboxylic acids is 2. The predicted octanol–water partition coefficient (Wildman–Crippen LogP) is 2.60. The van der Waals surface area contributed by atoms with Gasteiger partial charge in [0.2, 0.25) is 11.7 Å². The average Bonchev–Trinajstić information content (AvgIpc) is 3.28. The van der Waals surface area contributed by atoms with E-state index < -0.39 is 11.6 Å². The van der Waals surface area contributed by atoms with Gasteiger partial charge in [0.1, 0.15) is 0 Å². The normalized spacial score (nSPS) is 20.4. The summed E-state index contributed by atoms with van der Waals surface area (Å²) in [5.41, 5.74) is 2.54. The van der Waals surface area contributed by atoms with Crippen LogP contribution in [0, 0.1) is 12.3 Å². The van der Waals surface area contributed by atoms with Gasteiger partial charge in [0.15, 0.2) is 5.67 Å². The molecule has 41 heavy (non-hydrogen) atoms. The third kappa shape index (κ3) is 3.97. The smallest absolute Gasteiger partial charge is 0.260 e. The molecule has 1 aliphatic carbocycles. The lowest BCUT2D eigenvalue weighted by Crippen LogP contribution is -2.66. The van der Waals surface area contributed by atoms with Gasteiger partial charge in [-0.3, -0.25) is 14.6 Å². The van der Waals surface area contributed by atoms with Gasteiger partial charge in [0.25, 0.3) is 11.8 Å². The molecule has 4 aromatic rings. The van der Waals surface area contributed by atoms with Crippen molar-refractivity contribution in [2.45, 2.75) is 31.4 Å². The maximum absolute atomic E-state index is 14.1. The Balaban J connectivity index is 0.974. The maximum Gasteiger partial charge on any atom is 0.260 e. The largest absolute Gasteiger partial charge is 0.380 e. The van der Waals surface area contributed by atoms with E-state index in [0.717, 1.165) is 32.0 Å². The van der Waals surface area contributed by atoms with Crippen molar-refractivity contribution in [3.8, 4) is 11.4 Å². The van der Waals surface area contributed by atoms with Crippen LogP contribution in [0.5, 0.6) is 0 Å². The highest BCUT2D eigenvalue weighted by Gasteiger charge is 2.55. The van der Waals surface area contributed by atoms with Crippen LogP contribution in [0.3, 0.4) is 0 Å². The first kappa shape index (κ1) is 24.4. The molecule has 0 atom stereocenters. The number of amides is 2. The van der Waals surface area contributed by atoms with E-state index in [1.807, 2.05) is 18.3 Å². The lowest BCUT2D eigenvalue weighted by Gasteiger charge is -2.56. The average molecular weight is 559 g/mol. The number of carbonyl (C=O) groups is 2. The highest BCUT2D eigenvalue weighted by molar-refractivity contribution is 6.09. The molecule has 1 N–H and O–H groups in total. The number of halogens is 1. The number of anilines is 2. The minimum absolute atomic E-state index is 0.135. The van der Waals surface area contributed by atoms with Crippen molar-refractivity contribution < 1.29 is 23.2 Å². The molecule has 4 fully saturated rings. The molecule has 8 rings (SSSR count). The quantitative estimate of drug-likeness (QED) is 0.379. The maximum atomic E-state index is 14.1. The van der Waals surface area contributed by atoms with Gasteiger partial charge in [-0.15, -0.1) is 0 Å². The van der Waals surface area contributed by atoms with Crippen LogP contribution in [0.15, 0.2) is 41.3 Å². The zero-order chi connectivity index (χ0) is 27.9. The Hall–Kier alpha value is -4.39. The van der Waals surface area contributed by atoms with E-state index in [9.17, 15) is 14.0 Å². The number of nitrogens with one attached hydrogen (secondary N) is 1. The molecule has 0 unspecified atom stereocenters. The summed E-state index contributed by atoms with van der Waals surface area (Å²) in [6.07, 6.45) is 5.63. The van der Waals surface area contributed by atoms with Gasteiger partial charge in [-0.05, 0) is 38.0 Å². The van der Waals surface area contributed by atoms with Crippen LogP contribution in [-0.2, 0) is 9.53 Å². The van der Waals surface area contributed by atoms with Gasteiger partial charge < -0.3 is 24.4 Å². The Morgan fingerprint density at radius 3 is 2.68 bits per heavy atom. The summed E-state index contributed by atoms with van der Waals surface area (Å²) >= 11 is 0. The summed E-state index contributed by atoms with van der Waals surface area (Å²) in [6, 6.07) is 5.75. The van der Waals surface area contributed by atoms with Crippen LogP contribution >= 0.6 is 0 Å². The van der Waals surface area contributed by atoms with Gasteiger partial charge >= 0.3 is 0 Å². The monoisotopic (exact) mass is 558 g/mol.